The molecule has 0 atom stereocenters. The van der Waals surface area contributed by atoms with Crippen molar-refractivity contribution < 1.29 is 9.72 Å². The van der Waals surface area contributed by atoms with E-state index >= 15 is 0 Å². The SMILES string of the molecule is Cc1nccc(NC(=O)Nc2cccc([N+](=O)[O-])c2)n1. The lowest BCUT2D eigenvalue weighted by atomic mass is 10.3. The third-order valence-corrected chi connectivity index (χ3v) is 2.33. The van der Waals surface area contributed by atoms with Gasteiger partial charge in [-0.3, -0.25) is 15.4 Å². The van der Waals surface area contributed by atoms with Gasteiger partial charge in [0, 0.05) is 24.0 Å². The van der Waals surface area contributed by atoms with Crippen molar-refractivity contribution in [1.29, 1.82) is 0 Å². The summed E-state index contributed by atoms with van der Waals surface area (Å²) in [6.45, 7) is 1.70. The number of benzene rings is 1. The van der Waals surface area contributed by atoms with Gasteiger partial charge in [0.05, 0.1) is 4.92 Å². The van der Waals surface area contributed by atoms with Crippen LogP contribution in [-0.4, -0.2) is 20.9 Å². The number of carbonyl (C=O) groups excluding carboxylic acids is 1. The van der Waals surface area contributed by atoms with Gasteiger partial charge in [-0.05, 0) is 19.1 Å². The molecule has 0 saturated heterocycles. The van der Waals surface area contributed by atoms with E-state index in [9.17, 15) is 14.9 Å². The Morgan fingerprint density at radius 1 is 1.30 bits per heavy atom. The summed E-state index contributed by atoms with van der Waals surface area (Å²) in [7, 11) is 0. The van der Waals surface area contributed by atoms with Crippen LogP contribution in [0.5, 0.6) is 0 Å². The number of nitrogens with one attached hydrogen (secondary N) is 2. The van der Waals surface area contributed by atoms with Gasteiger partial charge >= 0.3 is 6.03 Å². The Hall–Kier alpha value is -3.03. The maximum atomic E-state index is 11.7. The van der Waals surface area contributed by atoms with Crippen LogP contribution >= 0.6 is 0 Å². The number of carbonyl (C=O) groups is 1. The number of rotatable bonds is 3. The van der Waals surface area contributed by atoms with Gasteiger partial charge in [-0.1, -0.05) is 6.07 Å². The van der Waals surface area contributed by atoms with Crippen LogP contribution in [-0.2, 0) is 0 Å². The molecule has 0 spiro atoms. The second kappa shape index (κ2) is 5.74. The van der Waals surface area contributed by atoms with E-state index in [0.29, 0.717) is 17.3 Å². The number of hydrogen-bond acceptors (Lipinski definition) is 5. The Morgan fingerprint density at radius 3 is 2.80 bits per heavy atom. The smallest absolute Gasteiger partial charge is 0.307 e. The highest BCUT2D eigenvalue weighted by molar-refractivity contribution is 5.99. The fourth-order valence-electron chi connectivity index (χ4n) is 1.50. The summed E-state index contributed by atoms with van der Waals surface area (Å²) >= 11 is 0. The minimum absolute atomic E-state index is 0.0966. The number of nitro benzene ring substituents is 1. The van der Waals surface area contributed by atoms with Crippen molar-refractivity contribution in [3.8, 4) is 0 Å². The minimum atomic E-state index is -0.538. The molecule has 0 unspecified atom stereocenters. The predicted molar refractivity (Wildman–Crippen MR) is 72.5 cm³/mol. The van der Waals surface area contributed by atoms with Gasteiger partial charge in [0.1, 0.15) is 11.6 Å². The van der Waals surface area contributed by atoms with Crippen LogP contribution < -0.4 is 10.6 Å². The summed E-state index contributed by atoms with van der Waals surface area (Å²) in [5.74, 6) is 0.874. The van der Waals surface area contributed by atoms with Gasteiger partial charge in [0.2, 0.25) is 0 Å². The summed E-state index contributed by atoms with van der Waals surface area (Å²) in [5.41, 5.74) is 0.225. The molecule has 2 amide bonds. The standard InChI is InChI=1S/C12H11N5O3/c1-8-13-6-5-11(14-8)16-12(18)15-9-3-2-4-10(7-9)17(19)20/h2-7H,1H3,(H2,13,14,15,16,18). The lowest BCUT2D eigenvalue weighted by Gasteiger charge is -2.07. The molecule has 0 saturated carbocycles. The molecule has 20 heavy (non-hydrogen) atoms. The summed E-state index contributed by atoms with van der Waals surface area (Å²) < 4.78 is 0. The fourth-order valence-corrected chi connectivity index (χ4v) is 1.50. The quantitative estimate of drug-likeness (QED) is 0.658. The van der Waals surface area contributed by atoms with Crippen molar-refractivity contribution in [3.05, 3.63) is 52.5 Å². The Labute approximate surface area is 114 Å². The van der Waals surface area contributed by atoms with E-state index in [1.165, 1.54) is 24.4 Å². The zero-order valence-corrected chi connectivity index (χ0v) is 10.5. The molecule has 8 nitrogen and oxygen atoms in total. The highest BCUT2D eigenvalue weighted by atomic mass is 16.6. The Morgan fingerprint density at radius 2 is 2.10 bits per heavy atom. The summed E-state index contributed by atoms with van der Waals surface area (Å²) in [4.78, 5) is 29.7. The Bertz CT molecular complexity index is 659. The van der Waals surface area contributed by atoms with Crippen molar-refractivity contribution in [3.63, 3.8) is 0 Å². The third kappa shape index (κ3) is 3.48. The molecule has 1 aromatic heterocycles. The maximum Gasteiger partial charge on any atom is 0.324 e. The lowest BCUT2D eigenvalue weighted by Crippen LogP contribution is -2.20. The third-order valence-electron chi connectivity index (χ3n) is 2.33. The first-order valence-corrected chi connectivity index (χ1v) is 5.67. The van der Waals surface area contributed by atoms with Crippen LogP contribution in [0.25, 0.3) is 0 Å². The lowest BCUT2D eigenvalue weighted by molar-refractivity contribution is -0.384. The van der Waals surface area contributed by atoms with E-state index in [-0.39, 0.29) is 5.69 Å². The highest BCUT2D eigenvalue weighted by Gasteiger charge is 2.08. The maximum absolute atomic E-state index is 11.7. The molecule has 0 fully saturated rings. The first kappa shape index (κ1) is 13.4. The van der Waals surface area contributed by atoms with Gasteiger partial charge in [0.15, 0.2) is 0 Å². The topological polar surface area (TPSA) is 110 Å². The number of nitrogens with zero attached hydrogens (tertiary/aromatic N) is 3. The van der Waals surface area contributed by atoms with Crippen molar-refractivity contribution >= 4 is 23.2 Å². The normalized spacial score (nSPS) is 9.85. The average molecular weight is 273 g/mol. The number of non-ortho nitro benzene ring substituents is 1. The van der Waals surface area contributed by atoms with Crippen LogP contribution in [0.15, 0.2) is 36.5 Å². The summed E-state index contributed by atoms with van der Waals surface area (Å²) in [6.07, 6.45) is 1.52. The molecule has 0 bridgehead atoms. The van der Waals surface area contributed by atoms with Crippen LogP contribution in [0, 0.1) is 17.0 Å². The van der Waals surface area contributed by atoms with Crippen LogP contribution in [0.2, 0.25) is 0 Å². The van der Waals surface area contributed by atoms with Crippen LogP contribution in [0.3, 0.4) is 0 Å². The van der Waals surface area contributed by atoms with Crippen LogP contribution in [0.1, 0.15) is 5.82 Å². The molecule has 1 heterocycles. The number of hydrogen-bond donors (Lipinski definition) is 2. The zero-order chi connectivity index (χ0) is 14.5. The molecule has 2 rings (SSSR count). The van der Waals surface area contributed by atoms with Crippen molar-refractivity contribution in [2.75, 3.05) is 10.6 Å². The molecule has 102 valence electrons. The zero-order valence-electron chi connectivity index (χ0n) is 10.5. The van der Waals surface area contributed by atoms with E-state index in [4.69, 9.17) is 0 Å². The molecular weight excluding hydrogens is 262 g/mol. The molecule has 0 aliphatic heterocycles. The molecule has 2 N–H and O–H groups in total. The summed E-state index contributed by atoms with van der Waals surface area (Å²) in [5, 5.41) is 15.6. The number of nitro groups is 1. The van der Waals surface area contributed by atoms with Gasteiger partial charge in [0.25, 0.3) is 5.69 Å². The number of aromatic nitrogens is 2. The largest absolute Gasteiger partial charge is 0.324 e. The fraction of sp³-hybridized carbons (Fsp3) is 0.0833. The van der Waals surface area contributed by atoms with E-state index < -0.39 is 11.0 Å². The van der Waals surface area contributed by atoms with Gasteiger partial charge in [-0.15, -0.1) is 0 Å². The van der Waals surface area contributed by atoms with Gasteiger partial charge in [-0.25, -0.2) is 14.8 Å². The first-order valence-electron chi connectivity index (χ1n) is 5.67. The molecule has 1 aromatic carbocycles. The number of amides is 2. The van der Waals surface area contributed by atoms with E-state index in [2.05, 4.69) is 20.6 Å². The molecule has 0 aliphatic rings. The first-order chi connectivity index (χ1) is 9.54. The average Bonchev–Trinajstić information content (AvgIpc) is 2.38. The van der Waals surface area contributed by atoms with Crippen LogP contribution in [0.4, 0.5) is 22.0 Å². The number of aryl methyl sites for hydroxylation is 1. The van der Waals surface area contributed by atoms with E-state index in [1.807, 2.05) is 0 Å². The Kier molecular flexibility index (Phi) is 3.85. The van der Waals surface area contributed by atoms with Gasteiger partial charge in [-0.2, -0.15) is 0 Å². The van der Waals surface area contributed by atoms with Crippen molar-refractivity contribution in [2.45, 2.75) is 6.92 Å². The van der Waals surface area contributed by atoms with Gasteiger partial charge < -0.3 is 5.32 Å². The van der Waals surface area contributed by atoms with Crippen molar-refractivity contribution in [2.24, 2.45) is 0 Å². The highest BCUT2D eigenvalue weighted by Crippen LogP contribution is 2.17. The minimum Gasteiger partial charge on any atom is -0.307 e. The van der Waals surface area contributed by atoms with E-state index in [0.717, 1.165) is 0 Å². The molecule has 8 heteroatoms. The summed E-state index contributed by atoms with van der Waals surface area (Å²) in [6, 6.07) is 6.66. The second-order valence-electron chi connectivity index (χ2n) is 3.88. The molecular formula is C12H11N5O3. The molecule has 0 radical (unpaired) electrons. The van der Waals surface area contributed by atoms with E-state index in [1.54, 1.807) is 19.1 Å². The van der Waals surface area contributed by atoms with Crippen molar-refractivity contribution in [1.82, 2.24) is 9.97 Å². The number of urea groups is 1. The second-order valence-corrected chi connectivity index (χ2v) is 3.88. The Balaban J connectivity index is 2.04. The number of anilines is 2. The molecule has 2 aromatic rings. The predicted octanol–water partition coefficient (Wildman–Crippen LogP) is 2.34. The monoisotopic (exact) mass is 273 g/mol. The molecule has 0 aliphatic carbocycles.